The molecule has 6 nitrogen and oxygen atoms in total. The topological polar surface area (TPSA) is 83.6 Å². The molecule has 2 heterocycles. The lowest BCUT2D eigenvalue weighted by molar-refractivity contribution is -0.113. The van der Waals surface area contributed by atoms with Gasteiger partial charge in [-0.05, 0) is 57.9 Å². The highest BCUT2D eigenvalue weighted by molar-refractivity contribution is 7.99. The summed E-state index contributed by atoms with van der Waals surface area (Å²) in [6.07, 6.45) is 7.81. The minimum atomic E-state index is -0.0933. The first-order valence-corrected chi connectivity index (χ1v) is 11.8. The quantitative estimate of drug-likeness (QED) is 0.547. The van der Waals surface area contributed by atoms with Gasteiger partial charge in [-0.2, -0.15) is 5.26 Å². The normalized spacial score (nSPS) is 16.5. The summed E-state index contributed by atoms with van der Waals surface area (Å²) in [6, 6.07) is 2.59. The van der Waals surface area contributed by atoms with Gasteiger partial charge in [0.2, 0.25) is 5.91 Å². The van der Waals surface area contributed by atoms with Crippen LogP contribution in [0, 0.1) is 11.3 Å². The lowest BCUT2D eigenvalue weighted by Gasteiger charge is -2.13. The summed E-state index contributed by atoms with van der Waals surface area (Å²) in [5, 5.41) is 22.8. The van der Waals surface area contributed by atoms with Gasteiger partial charge in [-0.1, -0.05) is 18.2 Å². The third-order valence-corrected chi connectivity index (χ3v) is 7.42. The molecule has 8 heteroatoms. The van der Waals surface area contributed by atoms with E-state index < -0.39 is 0 Å². The minimum absolute atomic E-state index is 0.0933. The number of carbonyl (C=O) groups excluding carboxylic acids is 1. The zero-order chi connectivity index (χ0) is 19.7. The van der Waals surface area contributed by atoms with E-state index in [1.54, 1.807) is 11.3 Å². The summed E-state index contributed by atoms with van der Waals surface area (Å²) < 4.78 is 2.16. The maximum atomic E-state index is 12.6. The second-order valence-electron chi connectivity index (χ2n) is 7.80. The predicted octanol–water partition coefficient (Wildman–Crippen LogP) is 4.67. The van der Waals surface area contributed by atoms with E-state index in [1.807, 2.05) is 0 Å². The summed E-state index contributed by atoms with van der Waals surface area (Å²) >= 11 is 3.00. The summed E-state index contributed by atoms with van der Waals surface area (Å²) in [5.74, 6) is 1.75. The second-order valence-corrected chi connectivity index (χ2v) is 9.84. The molecule has 28 heavy (non-hydrogen) atoms. The molecule has 1 fully saturated rings. The number of nitriles is 1. The molecule has 1 saturated carbocycles. The Kier molecular flexibility index (Phi) is 5.74. The largest absolute Gasteiger partial charge is 0.316 e. The van der Waals surface area contributed by atoms with Crippen LogP contribution in [-0.4, -0.2) is 26.4 Å². The lowest BCUT2D eigenvalue weighted by atomic mass is 10.1. The molecule has 0 bridgehead atoms. The van der Waals surface area contributed by atoms with Crippen LogP contribution in [0.1, 0.15) is 79.7 Å². The van der Waals surface area contributed by atoms with Crippen LogP contribution in [0.4, 0.5) is 5.00 Å². The maximum Gasteiger partial charge on any atom is 0.235 e. The van der Waals surface area contributed by atoms with E-state index in [4.69, 9.17) is 0 Å². The highest BCUT2D eigenvalue weighted by Gasteiger charge is 2.31. The highest BCUT2D eigenvalue weighted by Crippen LogP contribution is 2.41. The van der Waals surface area contributed by atoms with Crippen LogP contribution in [0.15, 0.2) is 5.16 Å². The number of anilines is 1. The Morgan fingerprint density at radius 1 is 1.32 bits per heavy atom. The fourth-order valence-corrected chi connectivity index (χ4v) is 5.86. The van der Waals surface area contributed by atoms with Crippen LogP contribution in [-0.2, 0) is 17.6 Å². The Balaban J connectivity index is 1.44. The molecule has 1 amide bonds. The number of amides is 1. The lowest BCUT2D eigenvalue weighted by Crippen LogP contribution is -2.15. The molecule has 0 saturated heterocycles. The van der Waals surface area contributed by atoms with Gasteiger partial charge in [0.15, 0.2) is 5.16 Å². The van der Waals surface area contributed by atoms with Gasteiger partial charge in [0, 0.05) is 16.8 Å². The van der Waals surface area contributed by atoms with Crippen LogP contribution < -0.4 is 5.32 Å². The van der Waals surface area contributed by atoms with Crippen molar-refractivity contribution in [1.82, 2.24) is 14.8 Å². The van der Waals surface area contributed by atoms with E-state index in [0.29, 0.717) is 16.5 Å². The average Bonchev–Trinajstić information content (AvgIpc) is 3.39. The first kappa shape index (κ1) is 19.5. The van der Waals surface area contributed by atoms with Crippen molar-refractivity contribution >= 4 is 34.0 Å². The zero-order valence-corrected chi connectivity index (χ0v) is 18.0. The fraction of sp³-hybridized carbons (Fsp3) is 0.600. The smallest absolute Gasteiger partial charge is 0.235 e. The number of aryl methyl sites for hydroxylation is 1. The van der Waals surface area contributed by atoms with Crippen LogP contribution in [0.5, 0.6) is 0 Å². The third-order valence-electron chi connectivity index (χ3n) is 5.27. The monoisotopic (exact) mass is 415 g/mol. The first-order chi connectivity index (χ1) is 13.6. The molecular formula is C20H25N5OS2. The van der Waals surface area contributed by atoms with Crippen molar-refractivity contribution in [3.63, 3.8) is 0 Å². The molecule has 2 aliphatic rings. The molecule has 1 N–H and O–H groups in total. The van der Waals surface area contributed by atoms with Crippen LogP contribution in [0.2, 0.25) is 0 Å². The number of hydrogen-bond donors (Lipinski definition) is 1. The molecule has 2 aromatic rings. The van der Waals surface area contributed by atoms with E-state index in [0.717, 1.165) is 42.2 Å². The molecule has 0 radical (unpaired) electrons. The molecule has 4 rings (SSSR count). The van der Waals surface area contributed by atoms with E-state index >= 15 is 0 Å². The number of nitrogens with one attached hydrogen (secondary N) is 1. The summed E-state index contributed by atoms with van der Waals surface area (Å²) in [4.78, 5) is 13.8. The molecule has 0 aliphatic heterocycles. The average molecular weight is 416 g/mol. The molecule has 2 aliphatic carbocycles. The highest BCUT2D eigenvalue weighted by atomic mass is 32.2. The standard InChI is InChI=1S/C20H25N5OS2/c1-12(2)25-18(13-8-9-13)23-24-20(25)27-11-17(26)22-19-15(10-21)14-6-4-3-5-7-16(14)28-19/h12-13H,3-9,11H2,1-2H3,(H,22,26). The number of rotatable bonds is 6. The Hall–Kier alpha value is -1.85. The number of fused-ring (bicyclic) bond motifs is 1. The SMILES string of the molecule is CC(C)n1c(SCC(=O)Nc2sc3c(c2C#N)CCCCC3)nnc1C1CC1. The molecule has 0 aromatic carbocycles. The van der Waals surface area contributed by atoms with Crippen molar-refractivity contribution in [3.05, 3.63) is 21.8 Å². The number of thiophene rings is 1. The first-order valence-electron chi connectivity index (χ1n) is 10.0. The van der Waals surface area contributed by atoms with Crippen LogP contribution in [0.3, 0.4) is 0 Å². The molecule has 0 unspecified atom stereocenters. The van der Waals surface area contributed by atoms with Gasteiger partial charge in [-0.25, -0.2) is 0 Å². The van der Waals surface area contributed by atoms with E-state index in [1.165, 1.54) is 35.9 Å². The van der Waals surface area contributed by atoms with Gasteiger partial charge in [0.1, 0.15) is 16.9 Å². The molecule has 0 spiro atoms. The fourth-order valence-electron chi connectivity index (χ4n) is 3.73. The van der Waals surface area contributed by atoms with Crippen LogP contribution >= 0.6 is 23.1 Å². The van der Waals surface area contributed by atoms with Crippen LogP contribution in [0.25, 0.3) is 0 Å². The number of hydrogen-bond acceptors (Lipinski definition) is 6. The van der Waals surface area contributed by atoms with Crippen molar-refractivity contribution in [3.8, 4) is 6.07 Å². The summed E-state index contributed by atoms with van der Waals surface area (Å²) in [6.45, 7) is 4.24. The van der Waals surface area contributed by atoms with Gasteiger partial charge < -0.3 is 9.88 Å². The van der Waals surface area contributed by atoms with Crippen molar-refractivity contribution in [2.24, 2.45) is 0 Å². The van der Waals surface area contributed by atoms with Crippen molar-refractivity contribution in [2.45, 2.75) is 75.9 Å². The number of nitrogens with zero attached hydrogens (tertiary/aromatic N) is 4. The minimum Gasteiger partial charge on any atom is -0.316 e. The van der Waals surface area contributed by atoms with Gasteiger partial charge >= 0.3 is 0 Å². The zero-order valence-electron chi connectivity index (χ0n) is 16.3. The van der Waals surface area contributed by atoms with Crippen molar-refractivity contribution < 1.29 is 4.79 Å². The second kappa shape index (κ2) is 8.26. The number of thioether (sulfide) groups is 1. The maximum absolute atomic E-state index is 12.6. The Bertz CT molecular complexity index is 920. The summed E-state index contributed by atoms with van der Waals surface area (Å²) in [7, 11) is 0. The van der Waals surface area contributed by atoms with E-state index in [2.05, 4.69) is 40.0 Å². The van der Waals surface area contributed by atoms with Gasteiger partial charge in [0.05, 0.1) is 11.3 Å². The Morgan fingerprint density at radius 2 is 2.11 bits per heavy atom. The molecular weight excluding hydrogens is 390 g/mol. The molecule has 2 aromatic heterocycles. The van der Waals surface area contributed by atoms with Gasteiger partial charge in [0.25, 0.3) is 0 Å². The number of aromatic nitrogens is 3. The Labute approximate surface area is 173 Å². The van der Waals surface area contributed by atoms with Crippen molar-refractivity contribution in [1.29, 1.82) is 5.26 Å². The number of carbonyl (C=O) groups is 1. The third kappa shape index (κ3) is 3.96. The molecule has 0 atom stereocenters. The Morgan fingerprint density at radius 3 is 2.82 bits per heavy atom. The molecule has 148 valence electrons. The predicted molar refractivity (Wildman–Crippen MR) is 112 cm³/mol. The van der Waals surface area contributed by atoms with E-state index in [9.17, 15) is 10.1 Å². The summed E-state index contributed by atoms with van der Waals surface area (Å²) in [5.41, 5.74) is 1.82. The van der Waals surface area contributed by atoms with E-state index in [-0.39, 0.29) is 17.7 Å². The van der Waals surface area contributed by atoms with Crippen molar-refractivity contribution in [2.75, 3.05) is 11.1 Å². The van der Waals surface area contributed by atoms with Gasteiger partial charge in [-0.15, -0.1) is 21.5 Å². The van der Waals surface area contributed by atoms with Gasteiger partial charge in [-0.3, -0.25) is 4.79 Å².